The van der Waals surface area contributed by atoms with Crippen LogP contribution < -0.4 is 10.6 Å². The van der Waals surface area contributed by atoms with Crippen LogP contribution in [0.3, 0.4) is 0 Å². The molecule has 1 heterocycles. The molecule has 0 aliphatic carbocycles. The van der Waals surface area contributed by atoms with Gasteiger partial charge >= 0.3 is 0 Å². The van der Waals surface area contributed by atoms with Crippen molar-refractivity contribution < 1.29 is 9.50 Å². The molecule has 1 aromatic rings. The summed E-state index contributed by atoms with van der Waals surface area (Å²) in [5, 5.41) is 15.0. The minimum absolute atomic E-state index is 0.203. The highest BCUT2D eigenvalue weighted by molar-refractivity contribution is 5.40. The predicted octanol–water partition coefficient (Wildman–Crippen LogP) is 2.01. The molecule has 18 heavy (non-hydrogen) atoms. The van der Waals surface area contributed by atoms with E-state index in [1.165, 1.54) is 0 Å². The molecule has 0 spiro atoms. The zero-order valence-electron chi connectivity index (χ0n) is 10.9. The van der Waals surface area contributed by atoms with Gasteiger partial charge in [0.2, 0.25) is 5.95 Å². The maximum Gasteiger partial charge on any atom is 0.224 e. The summed E-state index contributed by atoms with van der Waals surface area (Å²) in [5.41, 5.74) is 0. The third-order valence-electron chi connectivity index (χ3n) is 2.37. The maximum atomic E-state index is 13.4. The van der Waals surface area contributed by atoms with E-state index < -0.39 is 5.82 Å². The third-order valence-corrected chi connectivity index (χ3v) is 2.37. The van der Waals surface area contributed by atoms with Crippen LogP contribution in [0.15, 0.2) is 6.20 Å². The van der Waals surface area contributed by atoms with Gasteiger partial charge in [0, 0.05) is 13.1 Å². The summed E-state index contributed by atoms with van der Waals surface area (Å²) >= 11 is 0. The van der Waals surface area contributed by atoms with Crippen LogP contribution >= 0.6 is 0 Å². The second-order valence-corrected chi connectivity index (χ2v) is 4.23. The molecule has 1 aromatic heterocycles. The van der Waals surface area contributed by atoms with Crippen molar-refractivity contribution in [3.8, 4) is 0 Å². The number of aliphatic hydroxyl groups excluding tert-OH is 1. The second kappa shape index (κ2) is 7.81. The van der Waals surface area contributed by atoms with Crippen molar-refractivity contribution in [3.05, 3.63) is 12.0 Å². The van der Waals surface area contributed by atoms with Gasteiger partial charge in [-0.2, -0.15) is 4.98 Å². The smallest absolute Gasteiger partial charge is 0.224 e. The number of hydrogen-bond donors (Lipinski definition) is 3. The molecule has 0 aromatic carbocycles. The SMILES string of the molecule is CCCNc1ncc(F)c(NCCCC(C)O)n1. The summed E-state index contributed by atoms with van der Waals surface area (Å²) in [6.45, 7) is 5.10. The molecule has 0 saturated carbocycles. The first-order valence-electron chi connectivity index (χ1n) is 6.31. The van der Waals surface area contributed by atoms with E-state index in [0.717, 1.165) is 25.6 Å². The Kier molecular flexibility index (Phi) is 6.35. The van der Waals surface area contributed by atoms with Crippen LogP contribution in [0, 0.1) is 5.82 Å². The number of aliphatic hydroxyl groups is 1. The highest BCUT2D eigenvalue weighted by Gasteiger charge is 2.06. The molecular formula is C12H21FN4O. The van der Waals surface area contributed by atoms with Gasteiger partial charge in [0.05, 0.1) is 12.3 Å². The van der Waals surface area contributed by atoms with Crippen LogP contribution in [0.1, 0.15) is 33.1 Å². The fourth-order valence-corrected chi connectivity index (χ4v) is 1.42. The molecular weight excluding hydrogens is 235 g/mol. The molecule has 0 aliphatic heterocycles. The topological polar surface area (TPSA) is 70.1 Å². The number of nitrogens with zero attached hydrogens (tertiary/aromatic N) is 2. The fraction of sp³-hybridized carbons (Fsp3) is 0.667. The van der Waals surface area contributed by atoms with Crippen LogP contribution in [-0.4, -0.2) is 34.3 Å². The standard InChI is InChI=1S/C12H21FN4O/c1-3-6-15-12-16-8-10(13)11(17-12)14-7-4-5-9(2)18/h8-9,18H,3-7H2,1-2H3,(H2,14,15,16,17). The Balaban J connectivity index is 2.47. The number of aromatic nitrogens is 2. The van der Waals surface area contributed by atoms with E-state index in [-0.39, 0.29) is 11.9 Å². The molecule has 0 fully saturated rings. The summed E-state index contributed by atoms with van der Waals surface area (Å²) in [5.74, 6) is 0.166. The van der Waals surface area contributed by atoms with Crippen LogP contribution in [0.5, 0.6) is 0 Å². The molecule has 0 aliphatic rings. The molecule has 1 atom stereocenters. The van der Waals surface area contributed by atoms with Gasteiger partial charge in [-0.15, -0.1) is 0 Å². The first kappa shape index (κ1) is 14.6. The van der Waals surface area contributed by atoms with Gasteiger partial charge in [0.25, 0.3) is 0 Å². The largest absolute Gasteiger partial charge is 0.393 e. The lowest BCUT2D eigenvalue weighted by Crippen LogP contribution is -2.11. The van der Waals surface area contributed by atoms with Gasteiger partial charge in [0.1, 0.15) is 0 Å². The summed E-state index contributed by atoms with van der Waals surface area (Å²) < 4.78 is 13.4. The molecule has 102 valence electrons. The van der Waals surface area contributed by atoms with Crippen molar-refractivity contribution in [2.24, 2.45) is 0 Å². The average Bonchev–Trinajstić information content (AvgIpc) is 2.34. The number of nitrogens with one attached hydrogen (secondary N) is 2. The Morgan fingerprint density at radius 2 is 2.17 bits per heavy atom. The molecule has 5 nitrogen and oxygen atoms in total. The van der Waals surface area contributed by atoms with Crippen LogP contribution in [0.2, 0.25) is 0 Å². The second-order valence-electron chi connectivity index (χ2n) is 4.23. The molecule has 0 bridgehead atoms. The van der Waals surface area contributed by atoms with Gasteiger partial charge in [0.15, 0.2) is 11.6 Å². The van der Waals surface area contributed by atoms with E-state index in [0.29, 0.717) is 18.9 Å². The van der Waals surface area contributed by atoms with E-state index in [2.05, 4.69) is 20.6 Å². The fourth-order valence-electron chi connectivity index (χ4n) is 1.42. The quantitative estimate of drug-likeness (QED) is 0.621. The number of halogens is 1. The molecule has 1 rings (SSSR count). The summed E-state index contributed by atoms with van der Waals surface area (Å²) in [6, 6.07) is 0. The van der Waals surface area contributed by atoms with Gasteiger partial charge in [-0.25, -0.2) is 9.37 Å². The molecule has 0 saturated heterocycles. The monoisotopic (exact) mass is 256 g/mol. The highest BCUT2D eigenvalue weighted by atomic mass is 19.1. The van der Waals surface area contributed by atoms with E-state index in [9.17, 15) is 4.39 Å². The summed E-state index contributed by atoms with van der Waals surface area (Å²) in [7, 11) is 0. The number of hydrogen-bond acceptors (Lipinski definition) is 5. The van der Waals surface area contributed by atoms with Crippen molar-refractivity contribution in [1.82, 2.24) is 9.97 Å². The molecule has 3 N–H and O–H groups in total. The van der Waals surface area contributed by atoms with E-state index >= 15 is 0 Å². The molecule has 6 heteroatoms. The Morgan fingerprint density at radius 3 is 2.83 bits per heavy atom. The third kappa shape index (κ3) is 5.27. The predicted molar refractivity (Wildman–Crippen MR) is 70.2 cm³/mol. The number of rotatable bonds is 8. The minimum atomic E-state index is -0.464. The lowest BCUT2D eigenvalue weighted by molar-refractivity contribution is 0.183. The van der Waals surface area contributed by atoms with Crippen molar-refractivity contribution in [2.45, 2.75) is 39.2 Å². The first-order chi connectivity index (χ1) is 8.63. The average molecular weight is 256 g/mol. The Hall–Kier alpha value is -1.43. The highest BCUT2D eigenvalue weighted by Crippen LogP contribution is 2.12. The number of anilines is 2. The minimum Gasteiger partial charge on any atom is -0.393 e. The Labute approximate surface area is 107 Å². The van der Waals surface area contributed by atoms with E-state index in [1.807, 2.05) is 6.92 Å². The van der Waals surface area contributed by atoms with E-state index in [4.69, 9.17) is 5.11 Å². The van der Waals surface area contributed by atoms with Crippen molar-refractivity contribution in [3.63, 3.8) is 0 Å². The maximum absolute atomic E-state index is 13.4. The van der Waals surface area contributed by atoms with Crippen LogP contribution in [-0.2, 0) is 0 Å². The first-order valence-corrected chi connectivity index (χ1v) is 6.31. The van der Waals surface area contributed by atoms with E-state index in [1.54, 1.807) is 6.92 Å². The van der Waals surface area contributed by atoms with Gasteiger partial charge in [-0.3, -0.25) is 0 Å². The zero-order valence-corrected chi connectivity index (χ0v) is 10.9. The van der Waals surface area contributed by atoms with Gasteiger partial charge in [-0.1, -0.05) is 6.92 Å². The normalized spacial score (nSPS) is 12.2. The molecule has 0 amide bonds. The van der Waals surface area contributed by atoms with Gasteiger partial charge in [-0.05, 0) is 26.2 Å². The molecule has 0 radical (unpaired) electrons. The van der Waals surface area contributed by atoms with Crippen molar-refractivity contribution in [1.29, 1.82) is 0 Å². The zero-order chi connectivity index (χ0) is 13.4. The van der Waals surface area contributed by atoms with Crippen LogP contribution in [0.4, 0.5) is 16.2 Å². The Bertz CT molecular complexity index is 360. The lowest BCUT2D eigenvalue weighted by Gasteiger charge is -2.09. The molecule has 1 unspecified atom stereocenters. The lowest BCUT2D eigenvalue weighted by atomic mass is 10.2. The van der Waals surface area contributed by atoms with Crippen molar-refractivity contribution in [2.75, 3.05) is 23.7 Å². The summed E-state index contributed by atoms with van der Waals surface area (Å²) in [6.07, 6.45) is 3.23. The van der Waals surface area contributed by atoms with Crippen molar-refractivity contribution >= 4 is 11.8 Å². The Morgan fingerprint density at radius 1 is 1.39 bits per heavy atom. The summed E-state index contributed by atoms with van der Waals surface area (Å²) in [4.78, 5) is 7.91. The van der Waals surface area contributed by atoms with Crippen LogP contribution in [0.25, 0.3) is 0 Å². The van der Waals surface area contributed by atoms with Gasteiger partial charge < -0.3 is 15.7 Å².